The second-order valence-electron chi connectivity index (χ2n) is 9.51. The zero-order chi connectivity index (χ0) is 27.1. The molecule has 0 saturated carbocycles. The molecule has 0 aliphatic heterocycles. The molecule has 2 atom stereocenters. The lowest BCUT2D eigenvalue weighted by molar-refractivity contribution is -0.145. The molecule has 0 bridgehead atoms. The number of hydrogen-bond acceptors (Lipinski definition) is 5. The van der Waals surface area contributed by atoms with Gasteiger partial charge in [0.25, 0.3) is 0 Å². The van der Waals surface area contributed by atoms with Crippen LogP contribution in [0.2, 0.25) is 0 Å². The van der Waals surface area contributed by atoms with Gasteiger partial charge in [-0.3, -0.25) is 4.79 Å². The molecule has 0 unspecified atom stereocenters. The minimum Gasteiger partial charge on any atom is -0.467 e. The molecule has 0 radical (unpaired) electrons. The number of fused-ring (bicyclic) bond motifs is 2. The molecule has 196 valence electrons. The minimum absolute atomic E-state index is 0.0814. The molecule has 4 rings (SSSR count). The molecule has 2 N–H and O–H groups in total. The van der Waals surface area contributed by atoms with Gasteiger partial charge in [0.15, 0.2) is 0 Å². The first-order valence-corrected chi connectivity index (χ1v) is 12.6. The monoisotopic (exact) mass is 512 g/mol. The Hall–Kier alpha value is -4.39. The van der Waals surface area contributed by atoms with Crippen LogP contribution in [0.15, 0.2) is 84.9 Å². The van der Waals surface area contributed by atoms with Gasteiger partial charge in [-0.05, 0) is 44.7 Å². The van der Waals surface area contributed by atoms with Crippen molar-refractivity contribution in [2.45, 2.75) is 39.0 Å². The summed E-state index contributed by atoms with van der Waals surface area (Å²) >= 11 is 0. The van der Waals surface area contributed by atoms with E-state index in [0.717, 1.165) is 32.7 Å². The fourth-order valence-corrected chi connectivity index (χ4v) is 4.56. The number of benzene rings is 4. The standard InChI is InChI=1S/C31H32N2O5/c1-20(2)28(33-31(36)38-19-21-11-5-4-6-12-21)29(34)32-27(30(35)37-3)18-26-24-15-9-7-13-22(24)17-23-14-8-10-16-25(23)26/h4-17,20,27-28H,18-19H2,1-3H3,(H,32,34)(H,33,36)/t27-,28+/m1/s1. The fourth-order valence-electron chi connectivity index (χ4n) is 4.56. The van der Waals surface area contributed by atoms with Crippen molar-refractivity contribution in [3.05, 3.63) is 96.1 Å². The van der Waals surface area contributed by atoms with Gasteiger partial charge in [-0.1, -0.05) is 92.7 Å². The first-order chi connectivity index (χ1) is 18.4. The molecule has 7 nitrogen and oxygen atoms in total. The topological polar surface area (TPSA) is 93.7 Å². The Morgan fingerprint density at radius 3 is 1.95 bits per heavy atom. The average molecular weight is 513 g/mol. The molecule has 0 aliphatic carbocycles. The highest BCUT2D eigenvalue weighted by Crippen LogP contribution is 2.29. The van der Waals surface area contributed by atoms with Crippen molar-refractivity contribution in [3.8, 4) is 0 Å². The van der Waals surface area contributed by atoms with Crippen molar-refractivity contribution in [1.29, 1.82) is 0 Å². The molecule has 0 aliphatic rings. The van der Waals surface area contributed by atoms with Crippen LogP contribution in [0.5, 0.6) is 0 Å². The first-order valence-electron chi connectivity index (χ1n) is 12.6. The van der Waals surface area contributed by atoms with Crippen LogP contribution >= 0.6 is 0 Å². The van der Waals surface area contributed by atoms with Crippen LogP contribution in [0.1, 0.15) is 25.0 Å². The van der Waals surface area contributed by atoms with Crippen LogP contribution in [-0.2, 0) is 32.1 Å². The van der Waals surface area contributed by atoms with E-state index in [-0.39, 0.29) is 18.9 Å². The largest absolute Gasteiger partial charge is 0.467 e. The Morgan fingerprint density at radius 1 is 0.789 bits per heavy atom. The van der Waals surface area contributed by atoms with E-state index in [9.17, 15) is 14.4 Å². The maximum Gasteiger partial charge on any atom is 0.408 e. The molecular formula is C31H32N2O5. The lowest BCUT2D eigenvalue weighted by Gasteiger charge is -2.25. The minimum atomic E-state index is -0.954. The molecule has 4 aromatic rings. The second-order valence-corrected chi connectivity index (χ2v) is 9.51. The van der Waals surface area contributed by atoms with E-state index in [2.05, 4.69) is 16.7 Å². The number of amides is 2. The Labute approximate surface area is 222 Å². The summed E-state index contributed by atoms with van der Waals surface area (Å²) in [6, 6.07) is 25.4. The average Bonchev–Trinajstić information content (AvgIpc) is 2.94. The van der Waals surface area contributed by atoms with Crippen LogP contribution in [0.4, 0.5) is 4.79 Å². The summed E-state index contributed by atoms with van der Waals surface area (Å²) in [6.45, 7) is 3.71. The number of hydrogen-bond donors (Lipinski definition) is 2. The highest BCUT2D eigenvalue weighted by Gasteiger charge is 2.30. The highest BCUT2D eigenvalue weighted by molar-refractivity contribution is 6.03. The Morgan fingerprint density at radius 2 is 1.37 bits per heavy atom. The number of ether oxygens (including phenoxy) is 2. The first kappa shape index (κ1) is 26.7. The lowest BCUT2D eigenvalue weighted by Crippen LogP contribution is -2.54. The predicted molar refractivity (Wildman–Crippen MR) is 147 cm³/mol. The van der Waals surface area contributed by atoms with Crippen molar-refractivity contribution in [2.24, 2.45) is 5.92 Å². The third-order valence-electron chi connectivity index (χ3n) is 6.53. The fraction of sp³-hybridized carbons (Fsp3) is 0.258. The lowest BCUT2D eigenvalue weighted by atomic mass is 9.92. The maximum atomic E-state index is 13.4. The number of carbonyl (C=O) groups excluding carboxylic acids is 3. The van der Waals surface area contributed by atoms with Gasteiger partial charge < -0.3 is 20.1 Å². The number of esters is 1. The summed E-state index contributed by atoms with van der Waals surface area (Å²) in [5, 5.41) is 9.55. The molecule has 38 heavy (non-hydrogen) atoms. The summed E-state index contributed by atoms with van der Waals surface area (Å²) in [5.74, 6) is -1.31. The summed E-state index contributed by atoms with van der Waals surface area (Å²) in [7, 11) is 1.29. The molecule has 0 fully saturated rings. The van der Waals surface area contributed by atoms with E-state index in [1.807, 2.05) is 92.7 Å². The summed E-state index contributed by atoms with van der Waals surface area (Å²) in [5.41, 5.74) is 1.77. The van der Waals surface area contributed by atoms with E-state index in [4.69, 9.17) is 9.47 Å². The van der Waals surface area contributed by atoms with E-state index < -0.39 is 30.1 Å². The quantitative estimate of drug-likeness (QED) is 0.239. The van der Waals surface area contributed by atoms with Crippen LogP contribution in [0, 0.1) is 5.92 Å². The highest BCUT2D eigenvalue weighted by atomic mass is 16.5. The van der Waals surface area contributed by atoms with Crippen molar-refractivity contribution >= 4 is 39.5 Å². The molecular weight excluding hydrogens is 480 g/mol. The van der Waals surface area contributed by atoms with Crippen molar-refractivity contribution in [1.82, 2.24) is 10.6 Å². The van der Waals surface area contributed by atoms with Gasteiger partial charge in [0.2, 0.25) is 5.91 Å². The van der Waals surface area contributed by atoms with Gasteiger partial charge in [0, 0.05) is 6.42 Å². The molecule has 4 aromatic carbocycles. The van der Waals surface area contributed by atoms with Crippen molar-refractivity contribution in [2.75, 3.05) is 7.11 Å². The third kappa shape index (κ3) is 6.29. The third-order valence-corrected chi connectivity index (χ3v) is 6.53. The zero-order valence-corrected chi connectivity index (χ0v) is 21.8. The number of alkyl carbamates (subject to hydrolysis) is 1. The van der Waals surface area contributed by atoms with Crippen LogP contribution < -0.4 is 10.6 Å². The van der Waals surface area contributed by atoms with E-state index in [0.29, 0.717) is 0 Å². The predicted octanol–water partition coefficient (Wildman–Crippen LogP) is 5.14. The summed E-state index contributed by atoms with van der Waals surface area (Å²) in [4.78, 5) is 38.7. The van der Waals surface area contributed by atoms with Gasteiger partial charge in [0.1, 0.15) is 18.7 Å². The van der Waals surface area contributed by atoms with Crippen LogP contribution in [0.25, 0.3) is 21.5 Å². The van der Waals surface area contributed by atoms with Crippen LogP contribution in [-0.4, -0.2) is 37.2 Å². The van der Waals surface area contributed by atoms with Gasteiger partial charge in [-0.25, -0.2) is 9.59 Å². The smallest absolute Gasteiger partial charge is 0.408 e. The Balaban J connectivity index is 1.55. The van der Waals surface area contributed by atoms with E-state index in [1.165, 1.54) is 7.11 Å². The van der Waals surface area contributed by atoms with Gasteiger partial charge in [-0.15, -0.1) is 0 Å². The molecule has 0 aromatic heterocycles. The summed E-state index contributed by atoms with van der Waals surface area (Å²) < 4.78 is 10.4. The molecule has 0 saturated heterocycles. The SMILES string of the molecule is COC(=O)[C@@H](Cc1c2ccccc2cc2ccccc12)NC(=O)[C@@H](NC(=O)OCc1ccccc1)C(C)C. The van der Waals surface area contributed by atoms with E-state index in [1.54, 1.807) is 0 Å². The van der Waals surface area contributed by atoms with E-state index >= 15 is 0 Å². The van der Waals surface area contributed by atoms with Gasteiger partial charge in [-0.2, -0.15) is 0 Å². The maximum absolute atomic E-state index is 13.4. The van der Waals surface area contributed by atoms with Gasteiger partial charge >= 0.3 is 12.1 Å². The molecule has 0 spiro atoms. The zero-order valence-electron chi connectivity index (χ0n) is 21.8. The molecule has 2 amide bonds. The van der Waals surface area contributed by atoms with Crippen molar-refractivity contribution < 1.29 is 23.9 Å². The summed E-state index contributed by atoms with van der Waals surface area (Å²) in [6.07, 6.45) is -0.485. The van der Waals surface area contributed by atoms with Gasteiger partial charge in [0.05, 0.1) is 7.11 Å². The number of carbonyl (C=O) groups is 3. The molecule has 7 heteroatoms. The van der Waals surface area contributed by atoms with Crippen molar-refractivity contribution in [3.63, 3.8) is 0 Å². The van der Waals surface area contributed by atoms with Crippen LogP contribution in [0.3, 0.4) is 0 Å². The normalized spacial score (nSPS) is 12.6. The number of nitrogens with one attached hydrogen (secondary N) is 2. The Bertz CT molecular complexity index is 1380. The Kier molecular flexibility index (Phi) is 8.58. The molecule has 0 heterocycles. The number of rotatable bonds is 9. The second kappa shape index (κ2) is 12.2. The number of methoxy groups -OCH3 is 1.